The van der Waals surface area contributed by atoms with Crippen LogP contribution >= 0.6 is 0 Å². The third-order valence-corrected chi connectivity index (χ3v) is 2.38. The molecule has 0 fully saturated rings. The Hall–Kier alpha value is -2.54. The lowest BCUT2D eigenvalue weighted by molar-refractivity contribution is 0.368. The Kier molecular flexibility index (Phi) is 4.15. The van der Waals surface area contributed by atoms with Crippen LogP contribution in [-0.2, 0) is 6.54 Å². The monoisotopic (exact) mass is 239 g/mol. The van der Waals surface area contributed by atoms with Gasteiger partial charge in [0.25, 0.3) is 0 Å². The predicted molar refractivity (Wildman–Crippen MR) is 69.1 cm³/mol. The van der Waals surface area contributed by atoms with Crippen LogP contribution in [0.3, 0.4) is 0 Å². The van der Waals surface area contributed by atoms with Crippen LogP contribution < -0.4 is 10.1 Å². The molecular weight excluding hydrogens is 226 g/mol. The molecule has 4 heteroatoms. The molecule has 90 valence electrons. The minimum absolute atomic E-state index is 0.0719. The highest BCUT2D eigenvalue weighted by Gasteiger charge is 1.96. The van der Waals surface area contributed by atoms with Gasteiger partial charge in [0.2, 0.25) is 0 Å². The van der Waals surface area contributed by atoms with Gasteiger partial charge in [0.15, 0.2) is 6.61 Å². The minimum Gasteiger partial charge on any atom is -0.479 e. The van der Waals surface area contributed by atoms with Crippen LogP contribution in [-0.4, -0.2) is 11.6 Å². The van der Waals surface area contributed by atoms with Crippen LogP contribution in [0, 0.1) is 11.3 Å². The van der Waals surface area contributed by atoms with Crippen molar-refractivity contribution >= 4 is 5.69 Å². The summed E-state index contributed by atoms with van der Waals surface area (Å²) in [5, 5.41) is 11.7. The van der Waals surface area contributed by atoms with Crippen LogP contribution in [0.5, 0.6) is 5.75 Å². The quantitative estimate of drug-likeness (QED) is 0.871. The molecule has 0 aliphatic heterocycles. The number of rotatable bonds is 5. The molecule has 2 rings (SSSR count). The molecule has 0 saturated carbocycles. The molecule has 0 aliphatic carbocycles. The number of nitrogens with one attached hydrogen (secondary N) is 1. The van der Waals surface area contributed by atoms with Crippen molar-refractivity contribution in [3.63, 3.8) is 0 Å². The van der Waals surface area contributed by atoms with Crippen molar-refractivity contribution in [1.82, 2.24) is 4.98 Å². The highest BCUT2D eigenvalue weighted by molar-refractivity contribution is 5.46. The van der Waals surface area contributed by atoms with Gasteiger partial charge >= 0.3 is 0 Å². The third-order valence-electron chi connectivity index (χ3n) is 2.38. The van der Waals surface area contributed by atoms with Crippen LogP contribution in [0.2, 0.25) is 0 Å². The second-order valence-electron chi connectivity index (χ2n) is 3.69. The summed E-state index contributed by atoms with van der Waals surface area (Å²) < 4.78 is 5.17. The maximum Gasteiger partial charge on any atom is 0.174 e. The summed E-state index contributed by atoms with van der Waals surface area (Å²) in [5.74, 6) is 0.698. The van der Waals surface area contributed by atoms with Crippen LogP contribution in [0.25, 0.3) is 0 Å². The first-order valence-electron chi connectivity index (χ1n) is 5.61. The Balaban J connectivity index is 1.89. The number of benzene rings is 1. The van der Waals surface area contributed by atoms with Crippen molar-refractivity contribution in [2.24, 2.45) is 0 Å². The zero-order chi connectivity index (χ0) is 12.6. The van der Waals surface area contributed by atoms with Crippen molar-refractivity contribution in [2.45, 2.75) is 6.54 Å². The van der Waals surface area contributed by atoms with Crippen LogP contribution in [0.15, 0.2) is 48.8 Å². The summed E-state index contributed by atoms with van der Waals surface area (Å²) >= 11 is 0. The summed E-state index contributed by atoms with van der Waals surface area (Å²) in [6, 6.07) is 13.4. The van der Waals surface area contributed by atoms with Crippen LogP contribution in [0.1, 0.15) is 5.56 Å². The highest BCUT2D eigenvalue weighted by atomic mass is 16.5. The van der Waals surface area contributed by atoms with E-state index in [0.29, 0.717) is 5.75 Å². The van der Waals surface area contributed by atoms with Gasteiger partial charge in [-0.2, -0.15) is 5.26 Å². The summed E-state index contributed by atoms with van der Waals surface area (Å²) in [7, 11) is 0. The first-order chi connectivity index (χ1) is 8.88. The summed E-state index contributed by atoms with van der Waals surface area (Å²) in [5.41, 5.74) is 2.13. The van der Waals surface area contributed by atoms with Gasteiger partial charge in [-0.15, -0.1) is 0 Å². The minimum atomic E-state index is 0.0719. The maximum absolute atomic E-state index is 8.40. The lowest BCUT2D eigenvalue weighted by Gasteiger charge is -2.07. The lowest BCUT2D eigenvalue weighted by Crippen LogP contribution is -1.99. The second-order valence-corrected chi connectivity index (χ2v) is 3.69. The first kappa shape index (κ1) is 11.9. The topological polar surface area (TPSA) is 57.9 Å². The van der Waals surface area contributed by atoms with Crippen molar-refractivity contribution in [3.05, 3.63) is 54.4 Å². The molecule has 0 radical (unpaired) electrons. The molecule has 1 aromatic heterocycles. The molecule has 2 aromatic rings. The summed E-state index contributed by atoms with van der Waals surface area (Å²) in [6.07, 6.45) is 3.59. The van der Waals surface area contributed by atoms with E-state index in [2.05, 4.69) is 10.3 Å². The number of aromatic nitrogens is 1. The van der Waals surface area contributed by atoms with Gasteiger partial charge in [-0.3, -0.25) is 4.98 Å². The van der Waals surface area contributed by atoms with Crippen molar-refractivity contribution in [1.29, 1.82) is 5.26 Å². The number of hydrogen-bond acceptors (Lipinski definition) is 4. The average Bonchev–Trinajstić information content (AvgIpc) is 2.45. The molecule has 4 nitrogen and oxygen atoms in total. The fraction of sp³-hybridized carbons (Fsp3) is 0.143. The molecular formula is C14H13N3O. The van der Waals surface area contributed by atoms with E-state index >= 15 is 0 Å². The van der Waals surface area contributed by atoms with E-state index in [9.17, 15) is 0 Å². The molecule has 1 N–H and O–H groups in total. The number of anilines is 1. The van der Waals surface area contributed by atoms with E-state index in [1.54, 1.807) is 6.20 Å². The largest absolute Gasteiger partial charge is 0.479 e. The Morgan fingerprint density at radius 2 is 2.06 bits per heavy atom. The normalized spacial score (nSPS) is 9.50. The van der Waals surface area contributed by atoms with E-state index in [-0.39, 0.29) is 6.61 Å². The van der Waals surface area contributed by atoms with Gasteiger partial charge in [-0.25, -0.2) is 0 Å². The SMILES string of the molecule is N#CCOc1ccc(NCc2cccnc2)cc1. The fourth-order valence-electron chi connectivity index (χ4n) is 1.49. The molecule has 0 amide bonds. The summed E-state index contributed by atoms with van der Waals surface area (Å²) in [6.45, 7) is 0.800. The van der Waals surface area contributed by atoms with Gasteiger partial charge in [0.1, 0.15) is 11.8 Å². The number of pyridine rings is 1. The molecule has 0 atom stereocenters. The maximum atomic E-state index is 8.40. The Morgan fingerprint density at radius 1 is 1.22 bits per heavy atom. The lowest BCUT2D eigenvalue weighted by atomic mass is 10.2. The van der Waals surface area contributed by atoms with Gasteiger partial charge in [0.05, 0.1) is 0 Å². The molecule has 0 spiro atoms. The van der Waals surface area contributed by atoms with Crippen molar-refractivity contribution < 1.29 is 4.74 Å². The molecule has 0 unspecified atom stereocenters. The van der Waals surface area contributed by atoms with Gasteiger partial charge < -0.3 is 10.1 Å². The molecule has 18 heavy (non-hydrogen) atoms. The second kappa shape index (κ2) is 6.26. The third kappa shape index (κ3) is 3.49. The highest BCUT2D eigenvalue weighted by Crippen LogP contribution is 2.16. The van der Waals surface area contributed by atoms with Gasteiger partial charge in [0, 0.05) is 24.6 Å². The van der Waals surface area contributed by atoms with Gasteiger partial charge in [-0.1, -0.05) is 6.07 Å². The van der Waals surface area contributed by atoms with E-state index in [1.807, 2.05) is 48.7 Å². The number of hydrogen-bond donors (Lipinski definition) is 1. The number of nitrogens with zero attached hydrogens (tertiary/aromatic N) is 2. The molecule has 0 saturated heterocycles. The first-order valence-corrected chi connectivity index (χ1v) is 5.61. The summed E-state index contributed by atoms with van der Waals surface area (Å²) in [4.78, 5) is 4.05. The smallest absolute Gasteiger partial charge is 0.174 e. The Labute approximate surface area is 106 Å². The van der Waals surface area contributed by atoms with E-state index < -0.39 is 0 Å². The van der Waals surface area contributed by atoms with E-state index in [1.165, 1.54) is 0 Å². The van der Waals surface area contributed by atoms with E-state index in [0.717, 1.165) is 17.8 Å². The number of ether oxygens (including phenoxy) is 1. The van der Waals surface area contributed by atoms with Gasteiger partial charge in [-0.05, 0) is 35.9 Å². The standard InChI is InChI=1S/C14H13N3O/c15-7-9-18-14-5-3-13(4-6-14)17-11-12-2-1-8-16-10-12/h1-6,8,10,17H,9,11H2. The molecule has 1 aromatic carbocycles. The Bertz CT molecular complexity index is 517. The fourth-order valence-corrected chi connectivity index (χ4v) is 1.49. The predicted octanol–water partition coefficient (Wildman–Crippen LogP) is 2.60. The van der Waals surface area contributed by atoms with Crippen molar-refractivity contribution in [3.8, 4) is 11.8 Å². The molecule has 0 aliphatic rings. The molecule has 0 bridgehead atoms. The Morgan fingerprint density at radius 3 is 2.72 bits per heavy atom. The van der Waals surface area contributed by atoms with E-state index in [4.69, 9.17) is 10.00 Å². The molecule has 1 heterocycles. The van der Waals surface area contributed by atoms with Crippen molar-refractivity contribution in [2.75, 3.05) is 11.9 Å². The number of nitriles is 1. The zero-order valence-corrected chi connectivity index (χ0v) is 9.84. The zero-order valence-electron chi connectivity index (χ0n) is 9.84. The average molecular weight is 239 g/mol. The van der Waals surface area contributed by atoms with Crippen LogP contribution in [0.4, 0.5) is 5.69 Å².